The molecule has 0 aliphatic rings. The van der Waals surface area contributed by atoms with Gasteiger partial charge in [0.1, 0.15) is 0 Å². The first kappa shape index (κ1) is 13.1. The molecule has 8 nitrogen and oxygen atoms in total. The summed E-state index contributed by atoms with van der Waals surface area (Å²) in [5.41, 5.74) is 0. The highest BCUT2D eigenvalue weighted by atomic mass is 16.4. The maximum atomic E-state index is 11.4. The average Bonchev–Trinajstić information content (AvgIpc) is 2.74. The smallest absolute Gasteiger partial charge is 0.328 e. The Kier molecular flexibility index (Phi) is 4.58. The number of aryl methyl sites for hydroxylation is 1. The molecular formula is C9H14N4O4. The zero-order valence-electron chi connectivity index (χ0n) is 9.28. The molecule has 0 spiro atoms. The number of carboxylic acid groups (broad SMARTS) is 1. The molecule has 0 saturated carbocycles. The van der Waals surface area contributed by atoms with E-state index < -0.39 is 24.0 Å². The first-order chi connectivity index (χ1) is 8.00. The summed E-state index contributed by atoms with van der Waals surface area (Å²) >= 11 is 0. The minimum Gasteiger partial charge on any atom is -0.480 e. The van der Waals surface area contributed by atoms with Crippen LogP contribution < -0.4 is 5.32 Å². The molecule has 94 valence electrons. The van der Waals surface area contributed by atoms with Crippen molar-refractivity contribution in [3.63, 3.8) is 0 Å². The number of nitrogens with zero attached hydrogens (tertiary/aromatic N) is 3. The van der Waals surface area contributed by atoms with Gasteiger partial charge in [0.25, 0.3) is 0 Å². The summed E-state index contributed by atoms with van der Waals surface area (Å²) in [6.07, 6.45) is 1.99. The second-order valence-electron chi connectivity index (χ2n) is 3.54. The highest BCUT2D eigenvalue weighted by Crippen LogP contribution is 1.95. The number of aliphatic hydroxyl groups is 1. The molecule has 0 aliphatic heterocycles. The molecular weight excluding hydrogens is 228 g/mol. The molecule has 0 aromatic carbocycles. The Bertz CT molecular complexity index is 376. The van der Waals surface area contributed by atoms with E-state index in [-0.39, 0.29) is 6.42 Å². The second-order valence-corrected chi connectivity index (χ2v) is 3.54. The van der Waals surface area contributed by atoms with E-state index in [0.29, 0.717) is 6.54 Å². The maximum absolute atomic E-state index is 11.4. The summed E-state index contributed by atoms with van der Waals surface area (Å²) in [7, 11) is 0. The summed E-state index contributed by atoms with van der Waals surface area (Å²) in [4.78, 5) is 22.1. The third kappa shape index (κ3) is 4.19. The lowest BCUT2D eigenvalue weighted by Crippen LogP contribution is -2.47. The first-order valence-corrected chi connectivity index (χ1v) is 5.05. The molecule has 0 radical (unpaired) electrons. The van der Waals surface area contributed by atoms with Crippen molar-refractivity contribution >= 4 is 11.9 Å². The Labute approximate surface area is 97.2 Å². The van der Waals surface area contributed by atoms with Gasteiger partial charge < -0.3 is 15.5 Å². The van der Waals surface area contributed by atoms with E-state index in [1.54, 1.807) is 6.20 Å². The van der Waals surface area contributed by atoms with Gasteiger partial charge in [0.05, 0.1) is 18.8 Å². The third-order valence-corrected chi connectivity index (χ3v) is 2.10. The van der Waals surface area contributed by atoms with Crippen LogP contribution in [0.15, 0.2) is 12.4 Å². The van der Waals surface area contributed by atoms with Crippen LogP contribution in [0, 0.1) is 0 Å². The van der Waals surface area contributed by atoms with Crippen molar-refractivity contribution in [2.75, 3.05) is 0 Å². The van der Waals surface area contributed by atoms with Gasteiger partial charge in [0, 0.05) is 12.6 Å². The molecule has 0 fully saturated rings. The van der Waals surface area contributed by atoms with E-state index in [2.05, 4.69) is 15.6 Å². The normalized spacial score (nSPS) is 14.0. The minimum atomic E-state index is -1.29. The maximum Gasteiger partial charge on any atom is 0.328 e. The van der Waals surface area contributed by atoms with Crippen LogP contribution in [0.1, 0.15) is 13.3 Å². The topological polar surface area (TPSA) is 117 Å². The molecule has 17 heavy (non-hydrogen) atoms. The molecule has 0 unspecified atom stereocenters. The van der Waals surface area contributed by atoms with E-state index in [9.17, 15) is 9.59 Å². The number of carboxylic acids is 1. The summed E-state index contributed by atoms with van der Waals surface area (Å²) in [6, 6.07) is -1.29. The van der Waals surface area contributed by atoms with Gasteiger partial charge in [-0.1, -0.05) is 5.21 Å². The Morgan fingerprint density at radius 1 is 1.53 bits per heavy atom. The van der Waals surface area contributed by atoms with E-state index >= 15 is 0 Å². The fourth-order valence-corrected chi connectivity index (χ4v) is 1.20. The van der Waals surface area contributed by atoms with Crippen molar-refractivity contribution in [1.29, 1.82) is 0 Å². The van der Waals surface area contributed by atoms with Crippen LogP contribution in [0.5, 0.6) is 0 Å². The van der Waals surface area contributed by atoms with Crippen molar-refractivity contribution in [3.8, 4) is 0 Å². The van der Waals surface area contributed by atoms with Gasteiger partial charge in [-0.15, -0.1) is 5.10 Å². The summed E-state index contributed by atoms with van der Waals surface area (Å²) in [5.74, 6) is -1.73. The van der Waals surface area contributed by atoms with Crippen molar-refractivity contribution in [2.24, 2.45) is 0 Å². The summed E-state index contributed by atoms with van der Waals surface area (Å²) < 4.78 is 1.46. The van der Waals surface area contributed by atoms with E-state index in [1.165, 1.54) is 17.8 Å². The van der Waals surface area contributed by atoms with Crippen LogP contribution in [0.2, 0.25) is 0 Å². The van der Waals surface area contributed by atoms with Gasteiger partial charge in [-0.2, -0.15) is 0 Å². The molecule has 1 rings (SSSR count). The summed E-state index contributed by atoms with van der Waals surface area (Å²) in [6.45, 7) is 1.61. The second kappa shape index (κ2) is 5.94. The Morgan fingerprint density at radius 3 is 2.71 bits per heavy atom. The van der Waals surface area contributed by atoms with Gasteiger partial charge in [-0.05, 0) is 6.92 Å². The molecule has 1 aromatic rings. The predicted octanol–water partition coefficient (Wildman–Crippen LogP) is -1.38. The molecule has 8 heteroatoms. The number of hydrogen-bond acceptors (Lipinski definition) is 5. The standard InChI is InChI=1S/C9H14N4O4/c1-6(14)8(9(16)17)11-7(15)2-4-13-5-3-10-12-13/h3,5-6,8,14H,2,4H2,1H3,(H,11,15)(H,16,17)/t6-,8+/m1/s1. The number of rotatable bonds is 6. The van der Waals surface area contributed by atoms with E-state index in [1.807, 2.05) is 0 Å². The number of carbonyl (C=O) groups excluding carboxylic acids is 1. The fourth-order valence-electron chi connectivity index (χ4n) is 1.20. The fraction of sp³-hybridized carbons (Fsp3) is 0.556. The van der Waals surface area contributed by atoms with Crippen molar-refractivity contribution in [3.05, 3.63) is 12.4 Å². The SMILES string of the molecule is C[C@@H](O)[C@H](NC(=O)CCn1ccnn1)C(=O)O. The largest absolute Gasteiger partial charge is 0.480 e. The summed E-state index contributed by atoms with van der Waals surface area (Å²) in [5, 5.41) is 27.4. The van der Waals surface area contributed by atoms with Gasteiger partial charge in [0.2, 0.25) is 5.91 Å². The quantitative estimate of drug-likeness (QED) is 0.566. The lowest BCUT2D eigenvalue weighted by molar-refractivity contribution is -0.144. The number of aromatic nitrogens is 3. The number of aliphatic carboxylic acids is 1. The van der Waals surface area contributed by atoms with Crippen molar-refractivity contribution < 1.29 is 19.8 Å². The van der Waals surface area contributed by atoms with Crippen LogP contribution >= 0.6 is 0 Å². The molecule has 0 saturated heterocycles. The van der Waals surface area contributed by atoms with Crippen LogP contribution in [0.25, 0.3) is 0 Å². The minimum absolute atomic E-state index is 0.0693. The Morgan fingerprint density at radius 2 is 2.24 bits per heavy atom. The zero-order chi connectivity index (χ0) is 12.8. The molecule has 3 N–H and O–H groups in total. The van der Waals surface area contributed by atoms with Crippen LogP contribution in [-0.4, -0.2) is 49.2 Å². The van der Waals surface area contributed by atoms with Crippen LogP contribution in [0.3, 0.4) is 0 Å². The lowest BCUT2D eigenvalue weighted by atomic mass is 10.2. The average molecular weight is 242 g/mol. The Hall–Kier alpha value is -1.96. The van der Waals surface area contributed by atoms with E-state index in [4.69, 9.17) is 10.2 Å². The van der Waals surface area contributed by atoms with Crippen LogP contribution in [-0.2, 0) is 16.1 Å². The molecule has 2 atom stereocenters. The van der Waals surface area contributed by atoms with Gasteiger partial charge in [0.15, 0.2) is 6.04 Å². The van der Waals surface area contributed by atoms with Crippen LogP contribution in [0.4, 0.5) is 0 Å². The van der Waals surface area contributed by atoms with Gasteiger partial charge >= 0.3 is 5.97 Å². The monoisotopic (exact) mass is 242 g/mol. The highest BCUT2D eigenvalue weighted by Gasteiger charge is 2.24. The molecule has 1 amide bonds. The zero-order valence-corrected chi connectivity index (χ0v) is 9.28. The first-order valence-electron chi connectivity index (χ1n) is 5.05. The van der Waals surface area contributed by atoms with E-state index in [0.717, 1.165) is 0 Å². The number of aliphatic hydroxyl groups excluding tert-OH is 1. The number of carbonyl (C=O) groups is 2. The van der Waals surface area contributed by atoms with Crippen molar-refractivity contribution in [2.45, 2.75) is 32.0 Å². The highest BCUT2D eigenvalue weighted by molar-refractivity contribution is 5.83. The predicted molar refractivity (Wildman–Crippen MR) is 55.9 cm³/mol. The Balaban J connectivity index is 2.40. The van der Waals surface area contributed by atoms with Gasteiger partial charge in [-0.25, -0.2) is 4.79 Å². The van der Waals surface area contributed by atoms with Gasteiger partial charge in [-0.3, -0.25) is 9.48 Å². The molecule has 1 heterocycles. The van der Waals surface area contributed by atoms with Crippen molar-refractivity contribution in [1.82, 2.24) is 20.3 Å². The molecule has 1 aromatic heterocycles. The molecule has 0 bridgehead atoms. The third-order valence-electron chi connectivity index (χ3n) is 2.10. The number of amides is 1. The number of nitrogens with one attached hydrogen (secondary N) is 1. The lowest BCUT2D eigenvalue weighted by Gasteiger charge is -2.16. The molecule has 0 aliphatic carbocycles. The number of hydrogen-bond donors (Lipinski definition) is 3.